The number of anilines is 1. The number of fused-ring (bicyclic) bond motifs is 4. The van der Waals surface area contributed by atoms with Crippen LogP contribution < -0.4 is 10.1 Å². The molecule has 1 amide bonds. The minimum Gasteiger partial charge on any atom is -0.480 e. The molecule has 32 heavy (non-hydrogen) atoms. The van der Waals surface area contributed by atoms with E-state index in [2.05, 4.69) is 25.9 Å². The van der Waals surface area contributed by atoms with Gasteiger partial charge < -0.3 is 19.4 Å². The summed E-state index contributed by atoms with van der Waals surface area (Å²) in [6.45, 7) is 3.18. The third-order valence-electron chi connectivity index (χ3n) is 5.84. The molecule has 4 heterocycles. The number of thiophene rings is 1. The molecule has 5 rings (SSSR count). The maximum atomic E-state index is 13.2. The molecule has 0 unspecified atom stereocenters. The highest BCUT2D eigenvalue weighted by atomic mass is 32.1. The summed E-state index contributed by atoms with van der Waals surface area (Å²) in [5, 5.41) is 3.79. The first kappa shape index (κ1) is 20.8. The molecule has 1 aromatic carbocycles. The summed E-state index contributed by atoms with van der Waals surface area (Å²) < 4.78 is 12.9. The van der Waals surface area contributed by atoms with Crippen molar-refractivity contribution in [2.24, 2.45) is 0 Å². The number of carbonyl (C=O) groups excluding carboxylic acids is 1. The first-order valence-corrected chi connectivity index (χ1v) is 11.5. The molecule has 1 aliphatic heterocycles. The monoisotopic (exact) mass is 451 g/mol. The lowest BCUT2D eigenvalue weighted by Crippen LogP contribution is -2.11. The van der Waals surface area contributed by atoms with Crippen molar-refractivity contribution >= 4 is 44.2 Å². The summed E-state index contributed by atoms with van der Waals surface area (Å²) >= 11 is 1.33. The van der Waals surface area contributed by atoms with Crippen LogP contribution in [-0.2, 0) is 24.3 Å². The number of ether oxygens (including phenoxy) is 2. The third-order valence-corrected chi connectivity index (χ3v) is 7.03. The predicted molar refractivity (Wildman–Crippen MR) is 125 cm³/mol. The maximum absolute atomic E-state index is 13.2. The molecule has 4 aromatic rings. The lowest BCUT2D eigenvalue weighted by molar-refractivity contribution is 0.103. The van der Waals surface area contributed by atoms with E-state index in [-0.39, 0.29) is 12.5 Å². The second-order valence-electron chi connectivity index (χ2n) is 7.97. The number of carbonyl (C=O) groups is 1. The number of nitrogens with one attached hydrogen (secondary N) is 1. The molecule has 0 spiro atoms. The van der Waals surface area contributed by atoms with Gasteiger partial charge in [0.05, 0.1) is 28.4 Å². The normalized spacial score (nSPS) is 13.8. The number of amides is 1. The summed E-state index contributed by atoms with van der Waals surface area (Å²) in [7, 11) is 3.16. The molecule has 3 aromatic heterocycles. The van der Waals surface area contributed by atoms with Gasteiger partial charge in [-0.15, -0.1) is 11.3 Å². The van der Waals surface area contributed by atoms with Crippen LogP contribution in [0.5, 0.6) is 5.88 Å². The number of hydrogen-bond acceptors (Lipinski definition) is 7. The number of benzene rings is 1. The van der Waals surface area contributed by atoms with E-state index < -0.39 is 0 Å². The smallest absolute Gasteiger partial charge is 0.266 e. The van der Waals surface area contributed by atoms with Crippen LogP contribution in [-0.4, -0.2) is 39.6 Å². The Labute approximate surface area is 189 Å². The second kappa shape index (κ2) is 8.48. The van der Waals surface area contributed by atoms with E-state index in [4.69, 9.17) is 14.5 Å². The summed E-state index contributed by atoms with van der Waals surface area (Å²) in [6, 6.07) is 5.95. The molecule has 0 aliphatic carbocycles. The van der Waals surface area contributed by atoms with Gasteiger partial charge >= 0.3 is 0 Å². The Hall–Kier alpha value is -3.04. The van der Waals surface area contributed by atoms with E-state index >= 15 is 0 Å². The van der Waals surface area contributed by atoms with Crippen molar-refractivity contribution in [3.8, 4) is 5.88 Å². The van der Waals surface area contributed by atoms with Crippen LogP contribution in [0.2, 0.25) is 0 Å². The van der Waals surface area contributed by atoms with E-state index in [0.29, 0.717) is 21.4 Å². The van der Waals surface area contributed by atoms with E-state index in [0.717, 1.165) is 46.5 Å². The molecule has 0 bridgehead atoms. The van der Waals surface area contributed by atoms with Gasteiger partial charge in [-0.25, -0.2) is 9.97 Å². The summed E-state index contributed by atoms with van der Waals surface area (Å²) in [5.41, 5.74) is 3.58. The highest BCUT2D eigenvalue weighted by molar-refractivity contribution is 7.20. The zero-order valence-electron chi connectivity index (χ0n) is 18.4. The molecule has 0 atom stereocenters. The molecular weight excluding hydrogens is 426 g/mol. The number of nitrogens with zero attached hydrogens (tertiary/aromatic N) is 4. The van der Waals surface area contributed by atoms with Gasteiger partial charge in [-0.1, -0.05) is 6.42 Å². The van der Waals surface area contributed by atoms with Crippen molar-refractivity contribution in [2.45, 2.75) is 45.8 Å². The van der Waals surface area contributed by atoms with Gasteiger partial charge in [-0.2, -0.15) is 4.98 Å². The molecular formula is C23H25N5O3S. The average molecular weight is 452 g/mol. The van der Waals surface area contributed by atoms with Crippen molar-refractivity contribution in [3.05, 3.63) is 40.3 Å². The fourth-order valence-corrected chi connectivity index (χ4v) is 5.40. The fourth-order valence-electron chi connectivity index (χ4n) is 4.32. The van der Waals surface area contributed by atoms with Gasteiger partial charge in [-0.05, 0) is 43.5 Å². The van der Waals surface area contributed by atoms with Gasteiger partial charge in [0, 0.05) is 25.8 Å². The first-order chi connectivity index (χ1) is 15.6. The largest absolute Gasteiger partial charge is 0.480 e. The Morgan fingerprint density at radius 1 is 1.19 bits per heavy atom. The second-order valence-corrected chi connectivity index (χ2v) is 8.97. The van der Waals surface area contributed by atoms with Crippen LogP contribution in [0.4, 0.5) is 5.69 Å². The van der Waals surface area contributed by atoms with Crippen molar-refractivity contribution in [1.82, 2.24) is 19.5 Å². The molecule has 1 aliphatic rings. The van der Waals surface area contributed by atoms with E-state index in [1.807, 2.05) is 19.1 Å². The van der Waals surface area contributed by atoms with E-state index in [9.17, 15) is 4.79 Å². The highest BCUT2D eigenvalue weighted by Gasteiger charge is 2.22. The molecule has 0 saturated carbocycles. The lowest BCUT2D eigenvalue weighted by atomic mass is 10.2. The van der Waals surface area contributed by atoms with Crippen molar-refractivity contribution in [3.63, 3.8) is 0 Å². The Kier molecular flexibility index (Phi) is 5.52. The Morgan fingerprint density at radius 2 is 2.06 bits per heavy atom. The Balaban J connectivity index is 1.47. The molecule has 0 saturated heterocycles. The molecule has 0 fully saturated rings. The maximum Gasteiger partial charge on any atom is 0.266 e. The van der Waals surface area contributed by atoms with Gasteiger partial charge in [0.25, 0.3) is 5.91 Å². The Morgan fingerprint density at radius 3 is 2.88 bits per heavy atom. The standard InChI is InChI=1S/C23H25N5O3S/c1-13-19-22(31-3)26-17(12-30-2)27-23(19)32-20(13)21(29)24-14-8-9-16-15(11-14)25-18-7-5-4-6-10-28(16)18/h8-9,11H,4-7,10,12H2,1-3H3,(H,24,29). The quantitative estimate of drug-likeness (QED) is 0.481. The van der Waals surface area contributed by atoms with Gasteiger partial charge in [0.2, 0.25) is 5.88 Å². The molecule has 0 radical (unpaired) electrons. The number of methoxy groups -OCH3 is 2. The molecule has 9 heteroatoms. The summed E-state index contributed by atoms with van der Waals surface area (Å²) in [4.78, 5) is 28.2. The number of hydrogen-bond donors (Lipinski definition) is 1. The first-order valence-electron chi connectivity index (χ1n) is 10.7. The lowest BCUT2D eigenvalue weighted by Gasteiger charge is -2.07. The highest BCUT2D eigenvalue weighted by Crippen LogP contribution is 2.35. The number of rotatable bonds is 5. The van der Waals surface area contributed by atoms with Crippen LogP contribution in [0, 0.1) is 6.92 Å². The van der Waals surface area contributed by atoms with Gasteiger partial charge in [0.15, 0.2) is 5.82 Å². The molecule has 166 valence electrons. The minimum absolute atomic E-state index is 0.180. The van der Waals surface area contributed by atoms with Gasteiger partial charge in [0.1, 0.15) is 17.3 Å². The number of imidazole rings is 1. The van der Waals surface area contributed by atoms with Crippen molar-refractivity contribution in [2.75, 3.05) is 19.5 Å². The summed E-state index contributed by atoms with van der Waals surface area (Å²) in [5.74, 6) is 1.94. The van der Waals surface area contributed by atoms with E-state index in [1.54, 1.807) is 14.2 Å². The number of aryl methyl sites for hydroxylation is 3. The van der Waals surface area contributed by atoms with Gasteiger partial charge in [-0.3, -0.25) is 4.79 Å². The zero-order valence-corrected chi connectivity index (χ0v) is 19.2. The molecule has 1 N–H and O–H groups in total. The van der Waals surface area contributed by atoms with Crippen molar-refractivity contribution in [1.29, 1.82) is 0 Å². The van der Waals surface area contributed by atoms with Crippen LogP contribution >= 0.6 is 11.3 Å². The predicted octanol–water partition coefficient (Wildman–Crippen LogP) is 4.48. The molecule has 8 nitrogen and oxygen atoms in total. The third kappa shape index (κ3) is 3.61. The fraction of sp³-hybridized carbons (Fsp3) is 0.391. The van der Waals surface area contributed by atoms with Crippen LogP contribution in [0.1, 0.15) is 46.1 Å². The average Bonchev–Trinajstić information content (AvgIpc) is 3.20. The minimum atomic E-state index is -0.180. The van der Waals surface area contributed by atoms with Crippen LogP contribution in [0.15, 0.2) is 18.2 Å². The SMILES string of the molecule is COCc1nc(OC)c2c(C)c(C(=O)Nc3ccc4c(c3)nc3n4CCCCC3)sc2n1. The van der Waals surface area contributed by atoms with Crippen LogP contribution in [0.25, 0.3) is 21.3 Å². The van der Waals surface area contributed by atoms with Crippen LogP contribution in [0.3, 0.4) is 0 Å². The number of aromatic nitrogens is 4. The zero-order chi connectivity index (χ0) is 22.2. The summed E-state index contributed by atoms with van der Waals surface area (Å²) in [6.07, 6.45) is 4.61. The topological polar surface area (TPSA) is 91.2 Å². The van der Waals surface area contributed by atoms with E-state index in [1.165, 1.54) is 30.6 Å². The van der Waals surface area contributed by atoms with Crippen molar-refractivity contribution < 1.29 is 14.3 Å². The Bertz CT molecular complexity index is 1330.